The first kappa shape index (κ1) is 10.6. The number of hydrogen-bond donors (Lipinski definition) is 1. The molecule has 1 atom stereocenters. The highest BCUT2D eigenvalue weighted by Crippen LogP contribution is 1.93. The number of nitrogens with zero attached hydrogens (tertiary/aromatic N) is 2. The Morgan fingerprint density at radius 2 is 2.42 bits per heavy atom. The van der Waals surface area contributed by atoms with Crippen molar-refractivity contribution in [3.63, 3.8) is 0 Å². The van der Waals surface area contributed by atoms with Gasteiger partial charge in [-0.15, -0.1) is 0 Å². The Bertz CT molecular complexity index is 211. The van der Waals surface area contributed by atoms with Crippen LogP contribution in [-0.4, -0.2) is 17.2 Å². The summed E-state index contributed by atoms with van der Waals surface area (Å²) >= 11 is 0. The van der Waals surface area contributed by atoms with E-state index in [0.717, 1.165) is 6.42 Å². The smallest absolute Gasteiger partial charge is 0.315 e. The van der Waals surface area contributed by atoms with Crippen molar-refractivity contribution in [3.8, 4) is 0 Å². The number of rotatable bonds is 4. The molecule has 0 aromatic rings. The molecular formula is C7H13N3O2. The summed E-state index contributed by atoms with van der Waals surface area (Å²) in [4.78, 5) is 13.3. The Morgan fingerprint density at radius 3 is 2.83 bits per heavy atom. The van der Waals surface area contributed by atoms with Crippen molar-refractivity contribution in [2.24, 2.45) is 10.7 Å². The SMILES string of the molecule is CCC(C)N=CC=C(N)[N+](=O)[O-]. The van der Waals surface area contributed by atoms with Gasteiger partial charge in [-0.1, -0.05) is 6.92 Å². The third kappa shape index (κ3) is 4.43. The fraction of sp³-hybridized carbons (Fsp3) is 0.571. The summed E-state index contributed by atoms with van der Waals surface area (Å²) in [5.74, 6) is -0.387. The average Bonchev–Trinajstić information content (AvgIpc) is 2.03. The lowest BCUT2D eigenvalue weighted by Gasteiger charge is -1.97. The Labute approximate surface area is 71.1 Å². The summed E-state index contributed by atoms with van der Waals surface area (Å²) < 4.78 is 0. The van der Waals surface area contributed by atoms with Gasteiger partial charge in [0, 0.05) is 18.3 Å². The zero-order chi connectivity index (χ0) is 9.56. The quantitative estimate of drug-likeness (QED) is 0.388. The summed E-state index contributed by atoms with van der Waals surface area (Å²) in [5, 5.41) is 10.00. The molecule has 12 heavy (non-hydrogen) atoms. The zero-order valence-electron chi connectivity index (χ0n) is 7.23. The van der Waals surface area contributed by atoms with Gasteiger partial charge in [0.1, 0.15) is 0 Å². The van der Waals surface area contributed by atoms with E-state index < -0.39 is 4.92 Å². The first-order chi connectivity index (χ1) is 5.57. The fourth-order valence-electron chi connectivity index (χ4n) is 0.433. The molecule has 5 nitrogen and oxygen atoms in total. The van der Waals surface area contributed by atoms with Gasteiger partial charge in [0.15, 0.2) is 0 Å². The normalized spacial score (nSPS) is 15.0. The molecule has 5 heteroatoms. The van der Waals surface area contributed by atoms with Crippen molar-refractivity contribution in [2.75, 3.05) is 0 Å². The Morgan fingerprint density at radius 1 is 1.83 bits per heavy atom. The van der Waals surface area contributed by atoms with E-state index in [1.807, 2.05) is 13.8 Å². The van der Waals surface area contributed by atoms with Gasteiger partial charge in [-0.3, -0.25) is 10.7 Å². The minimum atomic E-state index is -0.650. The lowest BCUT2D eigenvalue weighted by Crippen LogP contribution is -2.08. The van der Waals surface area contributed by atoms with Crippen molar-refractivity contribution in [1.82, 2.24) is 0 Å². The van der Waals surface area contributed by atoms with Crippen LogP contribution in [0.15, 0.2) is 16.9 Å². The van der Waals surface area contributed by atoms with E-state index in [0.29, 0.717) is 0 Å². The van der Waals surface area contributed by atoms with Crippen molar-refractivity contribution in [1.29, 1.82) is 0 Å². The monoisotopic (exact) mass is 171 g/mol. The molecule has 0 heterocycles. The molecule has 0 aromatic heterocycles. The highest BCUT2D eigenvalue weighted by Gasteiger charge is 1.96. The van der Waals surface area contributed by atoms with Crippen molar-refractivity contribution in [3.05, 3.63) is 22.0 Å². The van der Waals surface area contributed by atoms with Gasteiger partial charge >= 0.3 is 5.82 Å². The van der Waals surface area contributed by atoms with Gasteiger partial charge in [0.05, 0.1) is 0 Å². The summed E-state index contributed by atoms with van der Waals surface area (Å²) in [6.07, 6.45) is 3.46. The number of hydrogen-bond acceptors (Lipinski definition) is 4. The van der Waals surface area contributed by atoms with Gasteiger partial charge < -0.3 is 10.1 Å². The molecule has 0 aliphatic rings. The number of aliphatic imine (C=N–C) groups is 1. The zero-order valence-corrected chi connectivity index (χ0v) is 7.23. The topological polar surface area (TPSA) is 81.5 Å². The van der Waals surface area contributed by atoms with E-state index in [2.05, 4.69) is 4.99 Å². The molecule has 0 aliphatic carbocycles. The predicted octanol–water partition coefficient (Wildman–Crippen LogP) is 0.933. The Hall–Kier alpha value is -1.39. The maximum atomic E-state index is 10.00. The summed E-state index contributed by atoms with van der Waals surface area (Å²) in [6.45, 7) is 3.91. The molecule has 0 rings (SSSR count). The van der Waals surface area contributed by atoms with Crippen molar-refractivity contribution < 1.29 is 4.92 Å². The Balaban J connectivity index is 4.03. The van der Waals surface area contributed by atoms with E-state index in [-0.39, 0.29) is 11.9 Å². The molecule has 68 valence electrons. The highest BCUT2D eigenvalue weighted by atomic mass is 16.6. The first-order valence-corrected chi connectivity index (χ1v) is 3.71. The minimum Gasteiger partial charge on any atom is -0.358 e. The van der Waals surface area contributed by atoms with Crippen LogP contribution in [0.2, 0.25) is 0 Å². The first-order valence-electron chi connectivity index (χ1n) is 3.71. The lowest BCUT2D eigenvalue weighted by molar-refractivity contribution is -0.426. The van der Waals surface area contributed by atoms with Crippen LogP contribution < -0.4 is 5.73 Å². The fourth-order valence-corrected chi connectivity index (χ4v) is 0.433. The van der Waals surface area contributed by atoms with E-state index in [9.17, 15) is 10.1 Å². The molecule has 0 saturated heterocycles. The maximum Gasteiger partial charge on any atom is 0.315 e. The van der Waals surface area contributed by atoms with E-state index >= 15 is 0 Å². The number of nitro groups is 1. The van der Waals surface area contributed by atoms with Crippen LogP contribution in [-0.2, 0) is 0 Å². The summed E-state index contributed by atoms with van der Waals surface area (Å²) in [6, 6.07) is 0.181. The van der Waals surface area contributed by atoms with Crippen LogP contribution in [0, 0.1) is 10.1 Å². The Kier molecular flexibility index (Phi) is 4.67. The van der Waals surface area contributed by atoms with Crippen LogP contribution in [0.4, 0.5) is 0 Å². The van der Waals surface area contributed by atoms with Crippen LogP contribution >= 0.6 is 0 Å². The molecule has 0 radical (unpaired) electrons. The third-order valence-corrected chi connectivity index (χ3v) is 1.39. The number of allylic oxidation sites excluding steroid dienone is 1. The molecule has 0 aromatic carbocycles. The highest BCUT2D eigenvalue weighted by molar-refractivity contribution is 5.71. The van der Waals surface area contributed by atoms with Crippen molar-refractivity contribution in [2.45, 2.75) is 26.3 Å². The second kappa shape index (κ2) is 5.29. The van der Waals surface area contributed by atoms with Gasteiger partial charge in [-0.2, -0.15) is 0 Å². The standard InChI is InChI=1S/C7H13N3O2/c1-3-6(2)9-5-4-7(8)10(11)12/h4-6H,3,8H2,1-2H3. The molecule has 0 fully saturated rings. The van der Waals surface area contributed by atoms with Gasteiger partial charge in [0.25, 0.3) is 0 Å². The third-order valence-electron chi connectivity index (χ3n) is 1.39. The summed E-state index contributed by atoms with van der Waals surface area (Å²) in [5.41, 5.74) is 5.01. The summed E-state index contributed by atoms with van der Waals surface area (Å²) in [7, 11) is 0. The van der Waals surface area contributed by atoms with E-state index in [1.54, 1.807) is 0 Å². The molecule has 0 saturated carbocycles. The van der Waals surface area contributed by atoms with Gasteiger partial charge in [-0.05, 0) is 18.3 Å². The maximum absolute atomic E-state index is 10.00. The molecule has 0 amide bonds. The van der Waals surface area contributed by atoms with Crippen LogP contribution in [0.25, 0.3) is 0 Å². The predicted molar refractivity (Wildman–Crippen MR) is 47.5 cm³/mol. The molecule has 0 bridgehead atoms. The largest absolute Gasteiger partial charge is 0.358 e. The van der Waals surface area contributed by atoms with Crippen molar-refractivity contribution >= 4 is 6.21 Å². The van der Waals surface area contributed by atoms with Crippen LogP contribution in [0.1, 0.15) is 20.3 Å². The van der Waals surface area contributed by atoms with Gasteiger partial charge in [0.2, 0.25) is 0 Å². The molecule has 2 N–H and O–H groups in total. The average molecular weight is 171 g/mol. The van der Waals surface area contributed by atoms with E-state index in [4.69, 9.17) is 5.73 Å². The lowest BCUT2D eigenvalue weighted by atomic mass is 10.3. The molecule has 0 aliphatic heterocycles. The second-order valence-electron chi connectivity index (χ2n) is 2.40. The molecule has 1 unspecified atom stereocenters. The molecular weight excluding hydrogens is 158 g/mol. The molecule has 0 spiro atoms. The second-order valence-corrected chi connectivity index (χ2v) is 2.40. The van der Waals surface area contributed by atoms with E-state index in [1.165, 1.54) is 12.3 Å². The van der Waals surface area contributed by atoms with Crippen LogP contribution in [0.3, 0.4) is 0 Å². The minimum absolute atomic E-state index is 0.181. The van der Waals surface area contributed by atoms with Crippen LogP contribution in [0.5, 0.6) is 0 Å². The number of nitrogens with two attached hydrogens (primary N) is 1. The van der Waals surface area contributed by atoms with Gasteiger partial charge in [-0.25, -0.2) is 0 Å².